The summed E-state index contributed by atoms with van der Waals surface area (Å²) in [7, 11) is 0. The minimum Gasteiger partial charge on any atom is -0.501 e. The van der Waals surface area contributed by atoms with E-state index < -0.39 is 0 Å². The maximum Gasteiger partial charge on any atom is 0.121 e. The number of fused-ring (bicyclic) bond motifs is 7. The van der Waals surface area contributed by atoms with Crippen LogP contribution in [0.5, 0.6) is 0 Å². The van der Waals surface area contributed by atoms with Crippen LogP contribution in [0.1, 0.15) is 78.1 Å². The van der Waals surface area contributed by atoms with Gasteiger partial charge in [0, 0.05) is 54.8 Å². The second-order valence-electron chi connectivity index (χ2n) is 16.4. The number of rotatable bonds is 2. The van der Waals surface area contributed by atoms with Gasteiger partial charge in [-0.1, -0.05) is 108 Å². The van der Waals surface area contributed by atoms with Crippen LogP contribution in [0.3, 0.4) is 0 Å². The van der Waals surface area contributed by atoms with Crippen molar-refractivity contribution in [2.24, 2.45) is 0 Å². The Balaban J connectivity index is 0.000000205. The molecule has 5 aromatic carbocycles. The van der Waals surface area contributed by atoms with E-state index in [-0.39, 0.29) is 42.2 Å². The first-order chi connectivity index (χ1) is 24.8. The average Bonchev–Trinajstić information content (AvgIpc) is 3.50. The molecule has 3 heterocycles. The van der Waals surface area contributed by atoms with Crippen molar-refractivity contribution in [2.75, 3.05) is 0 Å². The fourth-order valence-electron chi connectivity index (χ4n) is 7.36. The number of halogens is 1. The number of pyridine rings is 1. The summed E-state index contributed by atoms with van der Waals surface area (Å²) in [5, 5.41) is 7.07. The molecule has 53 heavy (non-hydrogen) atoms. The summed E-state index contributed by atoms with van der Waals surface area (Å²) in [5.41, 5.74) is 7.93. The summed E-state index contributed by atoms with van der Waals surface area (Å²) in [4.78, 5) is 14.4. The molecule has 1 radical (unpaired) electrons. The zero-order valence-corrected chi connectivity index (χ0v) is 33.6. The molecule has 9 rings (SSSR count). The summed E-state index contributed by atoms with van der Waals surface area (Å²) in [6.45, 7) is 15.6. The molecule has 0 atom stereocenters. The van der Waals surface area contributed by atoms with Crippen molar-refractivity contribution < 1.29 is 28.9 Å². The van der Waals surface area contributed by atoms with E-state index in [0.29, 0.717) is 5.82 Å². The molecular formula is C47H42FIrN3O-2. The van der Waals surface area contributed by atoms with Gasteiger partial charge in [-0.2, -0.15) is 0 Å². The van der Waals surface area contributed by atoms with Gasteiger partial charge in [0.2, 0.25) is 0 Å². The Morgan fingerprint density at radius 3 is 2.25 bits per heavy atom. The van der Waals surface area contributed by atoms with Crippen molar-refractivity contribution in [2.45, 2.75) is 77.6 Å². The Morgan fingerprint density at radius 1 is 0.736 bits per heavy atom. The van der Waals surface area contributed by atoms with Crippen LogP contribution in [0.2, 0.25) is 0 Å². The Labute approximate surface area is 324 Å². The Bertz CT molecular complexity index is 2620. The van der Waals surface area contributed by atoms with E-state index in [1.54, 1.807) is 6.07 Å². The minimum atomic E-state index is -0.278. The molecule has 6 heteroatoms. The van der Waals surface area contributed by atoms with Gasteiger partial charge in [-0.15, -0.1) is 48.0 Å². The molecule has 0 amide bonds. The molecule has 0 saturated heterocycles. The van der Waals surface area contributed by atoms with Crippen molar-refractivity contribution in [3.8, 4) is 22.6 Å². The zero-order valence-electron chi connectivity index (χ0n) is 31.2. The van der Waals surface area contributed by atoms with Gasteiger partial charge in [-0.05, 0) is 74.2 Å². The largest absolute Gasteiger partial charge is 0.501 e. The van der Waals surface area contributed by atoms with E-state index in [4.69, 9.17) is 14.4 Å². The minimum absolute atomic E-state index is 0. The number of hydrogen-bond acceptors (Lipinski definition) is 4. The quantitative estimate of drug-likeness (QED) is 0.128. The molecule has 0 aliphatic heterocycles. The molecule has 8 aromatic rings. The van der Waals surface area contributed by atoms with Gasteiger partial charge < -0.3 is 9.40 Å². The number of nitrogens with zero attached hydrogens (tertiary/aromatic N) is 3. The summed E-state index contributed by atoms with van der Waals surface area (Å²) in [5.74, 6) is 0.411. The molecule has 1 aliphatic rings. The topological polar surface area (TPSA) is 51.8 Å². The van der Waals surface area contributed by atoms with Crippen molar-refractivity contribution >= 4 is 43.5 Å². The van der Waals surface area contributed by atoms with Crippen LogP contribution in [0.25, 0.3) is 66.1 Å². The molecule has 0 bridgehead atoms. The molecule has 0 saturated carbocycles. The van der Waals surface area contributed by atoms with Crippen molar-refractivity contribution in [3.63, 3.8) is 0 Å². The molecule has 3 aromatic heterocycles. The smallest absolute Gasteiger partial charge is 0.121 e. The number of hydrogen-bond donors (Lipinski definition) is 0. The van der Waals surface area contributed by atoms with Gasteiger partial charge in [0.05, 0.1) is 11.4 Å². The van der Waals surface area contributed by atoms with Crippen LogP contribution in [0.4, 0.5) is 4.39 Å². The molecule has 0 unspecified atom stereocenters. The van der Waals surface area contributed by atoms with Crippen LogP contribution in [-0.4, -0.2) is 15.0 Å². The van der Waals surface area contributed by atoms with E-state index >= 15 is 0 Å². The molecule has 0 fully saturated rings. The third-order valence-corrected chi connectivity index (χ3v) is 10.7. The standard InChI is InChI=1S/C32H27N2O.C15H15FN.Ir/c1-31(2)14-15-32(3,4)29-26(31)18-33-30(34-29)23-11-7-10-22-25-16-20-13-12-19-8-5-6-9-21(19)24(20)17-27(25)35-28(22)23;1-15(2,3)12-6-9-14(17-10-12)11-4-7-13(16)8-5-11;/h5-10,12-13,16-18H,14-15H2,1-4H3;4,6-10H,1-3H3;/q2*-1;. The van der Waals surface area contributed by atoms with Crippen molar-refractivity contribution in [3.05, 3.63) is 138 Å². The SMILES string of the molecule is CC(C)(C)c1ccc(-c2[c-]cc(F)cc2)nc1.CC1(C)CCC(C)(C)c2nc(-c3[c-]ccc4c3oc3cc5c(ccc6ccccc65)cc34)ncc21.[Ir]. The van der Waals surface area contributed by atoms with Gasteiger partial charge in [-0.3, -0.25) is 14.4 Å². The summed E-state index contributed by atoms with van der Waals surface area (Å²) < 4.78 is 19.3. The van der Waals surface area contributed by atoms with Crippen LogP contribution >= 0.6 is 0 Å². The molecule has 269 valence electrons. The zero-order chi connectivity index (χ0) is 36.4. The summed E-state index contributed by atoms with van der Waals surface area (Å²) in [6, 6.07) is 36.1. The summed E-state index contributed by atoms with van der Waals surface area (Å²) in [6.07, 6.45) is 6.16. The molecule has 4 nitrogen and oxygen atoms in total. The first kappa shape index (κ1) is 36.6. The first-order valence-electron chi connectivity index (χ1n) is 18.0. The van der Waals surface area contributed by atoms with Crippen LogP contribution in [0.15, 0.2) is 108 Å². The summed E-state index contributed by atoms with van der Waals surface area (Å²) >= 11 is 0. The number of aromatic nitrogens is 3. The van der Waals surface area contributed by atoms with Gasteiger partial charge >= 0.3 is 0 Å². The van der Waals surface area contributed by atoms with Crippen LogP contribution in [0, 0.1) is 17.9 Å². The third-order valence-electron chi connectivity index (χ3n) is 10.7. The predicted molar refractivity (Wildman–Crippen MR) is 211 cm³/mol. The van der Waals surface area contributed by atoms with E-state index in [1.165, 1.54) is 44.8 Å². The van der Waals surface area contributed by atoms with Gasteiger partial charge in [-0.25, -0.2) is 0 Å². The Morgan fingerprint density at radius 2 is 1.51 bits per heavy atom. The number of furan rings is 1. The fourth-order valence-corrected chi connectivity index (χ4v) is 7.36. The van der Waals surface area contributed by atoms with Crippen LogP contribution < -0.4 is 0 Å². The van der Waals surface area contributed by atoms with Crippen LogP contribution in [-0.2, 0) is 36.4 Å². The number of benzene rings is 5. The second-order valence-corrected chi connectivity index (χ2v) is 16.4. The first-order valence-corrected chi connectivity index (χ1v) is 18.0. The maximum atomic E-state index is 12.8. The third kappa shape index (κ3) is 6.80. The normalized spacial score (nSPS) is 14.8. The van der Waals surface area contributed by atoms with E-state index in [1.807, 2.05) is 24.5 Å². The molecule has 0 spiro atoms. The second kappa shape index (κ2) is 13.6. The van der Waals surface area contributed by atoms with Gasteiger partial charge in [0.1, 0.15) is 5.58 Å². The van der Waals surface area contributed by atoms with Gasteiger partial charge in [0.15, 0.2) is 0 Å². The van der Waals surface area contributed by atoms with E-state index in [9.17, 15) is 4.39 Å². The van der Waals surface area contributed by atoms with Crippen molar-refractivity contribution in [1.29, 1.82) is 0 Å². The molecule has 0 N–H and O–H groups in total. The Hall–Kier alpha value is -4.77. The van der Waals surface area contributed by atoms with E-state index in [0.717, 1.165) is 57.3 Å². The van der Waals surface area contributed by atoms with E-state index in [2.05, 4.69) is 126 Å². The Kier molecular flexibility index (Phi) is 9.37. The predicted octanol–water partition coefficient (Wildman–Crippen LogP) is 12.5. The van der Waals surface area contributed by atoms with Crippen molar-refractivity contribution in [1.82, 2.24) is 15.0 Å². The average molecular weight is 876 g/mol. The fraction of sp³-hybridized carbons (Fsp3) is 0.255. The van der Waals surface area contributed by atoms with Gasteiger partial charge in [0.25, 0.3) is 0 Å². The maximum absolute atomic E-state index is 12.8. The monoisotopic (exact) mass is 876 g/mol. The molecule has 1 aliphatic carbocycles. The molecular weight excluding hydrogens is 834 g/mol.